The van der Waals surface area contributed by atoms with E-state index in [2.05, 4.69) is 61.3 Å². The van der Waals surface area contributed by atoms with Crippen LogP contribution >= 0.6 is 0 Å². The predicted octanol–water partition coefficient (Wildman–Crippen LogP) is 5.27. The lowest BCUT2D eigenvalue weighted by atomic mass is 9.95. The first-order valence-electron chi connectivity index (χ1n) is 10.3. The van der Waals surface area contributed by atoms with E-state index in [1.54, 1.807) is 0 Å². The number of hydrogen-bond donors (Lipinski definition) is 0. The number of rotatable bonds is 2. The molecule has 3 aliphatic rings. The van der Waals surface area contributed by atoms with Crippen molar-refractivity contribution in [2.75, 3.05) is 6.79 Å². The molecule has 0 amide bonds. The number of hydrogen-bond acceptors (Lipinski definition) is 5. The third kappa shape index (κ3) is 2.65. The summed E-state index contributed by atoms with van der Waals surface area (Å²) in [7, 11) is 0. The highest BCUT2D eigenvalue weighted by molar-refractivity contribution is 6.02. The first-order valence-corrected chi connectivity index (χ1v) is 10.3. The summed E-state index contributed by atoms with van der Waals surface area (Å²) in [6, 6.07) is 21.0. The maximum Gasteiger partial charge on any atom is 0.231 e. The molecule has 30 heavy (non-hydrogen) atoms. The minimum Gasteiger partial charge on any atom is -0.464 e. The molecule has 0 spiro atoms. The smallest absolute Gasteiger partial charge is 0.231 e. The van der Waals surface area contributed by atoms with Crippen LogP contribution in [-0.2, 0) is 0 Å². The molecule has 2 atom stereocenters. The summed E-state index contributed by atoms with van der Waals surface area (Å²) in [5, 5.41) is 7.18. The number of benzene rings is 3. The van der Waals surface area contributed by atoms with Crippen LogP contribution < -0.4 is 14.2 Å². The van der Waals surface area contributed by atoms with Crippen LogP contribution in [0.15, 0.2) is 65.8 Å². The van der Waals surface area contributed by atoms with E-state index in [0.717, 1.165) is 40.5 Å². The molecule has 0 N–H and O–H groups in total. The standard InChI is InChI=1S/C25H22N2O3/c1-15-7-9-18(16(2)11-15)25-27-21(19-5-3-4-6-22(19)30-25)13-20(26-27)17-8-10-23-24(12-17)29-14-28-23/h3-12,21,25H,13-14H2,1-2H3/t21-,25+/m1/s1. The Bertz CT molecular complexity index is 1190. The van der Waals surface area contributed by atoms with Crippen LogP contribution in [0.25, 0.3) is 0 Å². The van der Waals surface area contributed by atoms with Crippen LogP contribution in [0.3, 0.4) is 0 Å². The van der Waals surface area contributed by atoms with E-state index in [4.69, 9.17) is 19.3 Å². The van der Waals surface area contributed by atoms with Gasteiger partial charge in [-0.25, -0.2) is 5.01 Å². The third-order valence-electron chi connectivity index (χ3n) is 6.10. The molecule has 3 aliphatic heterocycles. The number of nitrogens with zero attached hydrogens (tertiary/aromatic N) is 2. The minimum absolute atomic E-state index is 0.140. The summed E-state index contributed by atoms with van der Waals surface area (Å²) in [5.41, 5.74) is 6.88. The van der Waals surface area contributed by atoms with Crippen molar-refractivity contribution in [2.24, 2.45) is 5.10 Å². The van der Waals surface area contributed by atoms with Crippen molar-refractivity contribution in [2.45, 2.75) is 32.5 Å². The number of fused-ring (bicyclic) bond motifs is 4. The first-order chi connectivity index (χ1) is 14.7. The molecular formula is C25H22N2O3. The molecule has 5 heteroatoms. The topological polar surface area (TPSA) is 43.3 Å². The van der Waals surface area contributed by atoms with Gasteiger partial charge < -0.3 is 14.2 Å². The molecule has 0 bridgehead atoms. The zero-order chi connectivity index (χ0) is 20.2. The van der Waals surface area contributed by atoms with Crippen molar-refractivity contribution >= 4 is 5.71 Å². The van der Waals surface area contributed by atoms with Crippen molar-refractivity contribution in [1.82, 2.24) is 5.01 Å². The van der Waals surface area contributed by atoms with Crippen LogP contribution in [0.1, 0.15) is 46.5 Å². The van der Waals surface area contributed by atoms with Crippen molar-refractivity contribution in [3.05, 3.63) is 88.5 Å². The molecule has 0 saturated heterocycles. The lowest BCUT2D eigenvalue weighted by molar-refractivity contribution is -0.0194. The van der Waals surface area contributed by atoms with Gasteiger partial charge in [0.15, 0.2) is 11.5 Å². The SMILES string of the molecule is Cc1ccc([C@@H]2Oc3ccccc3[C@H]3CC(c4ccc5c(c4)OCO5)=NN32)c(C)c1. The van der Waals surface area contributed by atoms with Gasteiger partial charge in [-0.2, -0.15) is 5.10 Å². The molecule has 3 aromatic rings. The minimum atomic E-state index is -0.253. The molecule has 0 fully saturated rings. The van der Waals surface area contributed by atoms with E-state index in [9.17, 15) is 0 Å². The maximum absolute atomic E-state index is 6.48. The summed E-state index contributed by atoms with van der Waals surface area (Å²) in [6.07, 6.45) is 0.568. The van der Waals surface area contributed by atoms with Gasteiger partial charge in [-0.3, -0.25) is 0 Å². The van der Waals surface area contributed by atoms with E-state index in [1.165, 1.54) is 16.7 Å². The van der Waals surface area contributed by atoms with Gasteiger partial charge in [0.25, 0.3) is 0 Å². The van der Waals surface area contributed by atoms with Crippen molar-refractivity contribution in [1.29, 1.82) is 0 Å². The second-order valence-corrected chi connectivity index (χ2v) is 8.08. The summed E-state index contributed by atoms with van der Waals surface area (Å²) in [5.74, 6) is 2.51. The maximum atomic E-state index is 6.48. The van der Waals surface area contributed by atoms with Gasteiger partial charge in [0.2, 0.25) is 13.0 Å². The van der Waals surface area contributed by atoms with Crippen molar-refractivity contribution in [3.63, 3.8) is 0 Å². The summed E-state index contributed by atoms with van der Waals surface area (Å²) < 4.78 is 17.5. The largest absolute Gasteiger partial charge is 0.464 e. The number of aryl methyl sites for hydroxylation is 2. The van der Waals surface area contributed by atoms with Crippen LogP contribution in [0.2, 0.25) is 0 Å². The molecule has 3 heterocycles. The number of ether oxygens (including phenoxy) is 3. The van der Waals surface area contributed by atoms with Crippen LogP contribution in [0.4, 0.5) is 0 Å². The Balaban J connectivity index is 1.44. The zero-order valence-electron chi connectivity index (χ0n) is 17.0. The summed E-state index contributed by atoms with van der Waals surface area (Å²) in [6.45, 7) is 4.53. The molecule has 150 valence electrons. The monoisotopic (exact) mass is 398 g/mol. The van der Waals surface area contributed by atoms with Gasteiger partial charge in [0, 0.05) is 23.1 Å². The molecule has 0 aromatic heterocycles. The van der Waals surface area contributed by atoms with Gasteiger partial charge in [-0.15, -0.1) is 0 Å². The molecule has 3 aromatic carbocycles. The summed E-state index contributed by atoms with van der Waals surface area (Å²) >= 11 is 0. The Labute approximate surface area is 175 Å². The fourth-order valence-electron chi connectivity index (χ4n) is 4.59. The molecule has 6 rings (SSSR count). The normalized spacial score (nSPS) is 21.0. The van der Waals surface area contributed by atoms with Crippen LogP contribution in [-0.4, -0.2) is 17.5 Å². The van der Waals surface area contributed by atoms with Gasteiger partial charge in [0.1, 0.15) is 5.75 Å². The highest BCUT2D eigenvalue weighted by atomic mass is 16.7. The van der Waals surface area contributed by atoms with Crippen LogP contribution in [0, 0.1) is 13.8 Å². The van der Waals surface area contributed by atoms with Gasteiger partial charge in [-0.05, 0) is 43.7 Å². The van der Waals surface area contributed by atoms with E-state index < -0.39 is 0 Å². The van der Waals surface area contributed by atoms with Gasteiger partial charge in [0.05, 0.1) is 11.8 Å². The average Bonchev–Trinajstić information content (AvgIpc) is 3.40. The van der Waals surface area contributed by atoms with E-state index in [1.807, 2.05) is 18.2 Å². The molecule has 5 nitrogen and oxygen atoms in total. The molecule has 0 radical (unpaired) electrons. The fourth-order valence-corrected chi connectivity index (χ4v) is 4.59. The molecular weight excluding hydrogens is 376 g/mol. The second-order valence-electron chi connectivity index (χ2n) is 8.08. The lowest BCUT2D eigenvalue weighted by Gasteiger charge is -2.38. The highest BCUT2D eigenvalue weighted by Crippen LogP contribution is 2.48. The second kappa shape index (κ2) is 6.52. The van der Waals surface area contributed by atoms with Crippen LogP contribution in [0.5, 0.6) is 17.2 Å². The molecule has 0 saturated carbocycles. The Morgan fingerprint density at radius 3 is 2.63 bits per heavy atom. The van der Waals surface area contributed by atoms with Crippen molar-refractivity contribution < 1.29 is 14.2 Å². The lowest BCUT2D eigenvalue weighted by Crippen LogP contribution is -2.34. The quantitative estimate of drug-likeness (QED) is 0.589. The Morgan fingerprint density at radius 2 is 1.73 bits per heavy atom. The van der Waals surface area contributed by atoms with E-state index in [0.29, 0.717) is 0 Å². The Hall–Kier alpha value is -3.47. The predicted molar refractivity (Wildman–Crippen MR) is 114 cm³/mol. The summed E-state index contributed by atoms with van der Waals surface area (Å²) in [4.78, 5) is 0. The highest BCUT2D eigenvalue weighted by Gasteiger charge is 2.41. The number of hydrazone groups is 1. The fraction of sp³-hybridized carbons (Fsp3) is 0.240. The van der Waals surface area contributed by atoms with Crippen molar-refractivity contribution in [3.8, 4) is 17.2 Å². The Morgan fingerprint density at radius 1 is 0.867 bits per heavy atom. The van der Waals surface area contributed by atoms with E-state index in [-0.39, 0.29) is 19.1 Å². The number of para-hydroxylation sites is 1. The van der Waals surface area contributed by atoms with Gasteiger partial charge in [-0.1, -0.05) is 42.0 Å². The first kappa shape index (κ1) is 17.4. The third-order valence-corrected chi connectivity index (χ3v) is 6.10. The Kier molecular flexibility index (Phi) is 3.78. The van der Waals surface area contributed by atoms with E-state index >= 15 is 0 Å². The molecule has 0 unspecified atom stereocenters. The zero-order valence-corrected chi connectivity index (χ0v) is 17.0. The molecule has 0 aliphatic carbocycles. The van der Waals surface area contributed by atoms with Gasteiger partial charge >= 0.3 is 0 Å². The average molecular weight is 398 g/mol.